The van der Waals surface area contributed by atoms with Crippen LogP contribution in [0.2, 0.25) is 0 Å². The van der Waals surface area contributed by atoms with Crippen molar-refractivity contribution in [3.8, 4) is 0 Å². The molecular weight excluding hydrogens is 357 g/mol. The normalized spacial score (nSPS) is 11.7. The van der Waals surface area contributed by atoms with Crippen LogP contribution in [0.25, 0.3) is 0 Å². The number of hydrogen-bond donors (Lipinski definition) is 2. The molecule has 0 heterocycles. The fraction of sp³-hybridized carbons (Fsp3) is 0.846. The van der Waals surface area contributed by atoms with Crippen LogP contribution in [0.15, 0.2) is 4.99 Å². The third-order valence-corrected chi connectivity index (χ3v) is 2.30. The van der Waals surface area contributed by atoms with E-state index in [1.807, 2.05) is 20.8 Å². The number of rotatable bonds is 7. The van der Waals surface area contributed by atoms with E-state index in [9.17, 15) is 4.79 Å². The number of ether oxygens (including phenoxy) is 1. The Morgan fingerprint density at radius 3 is 2.32 bits per heavy atom. The van der Waals surface area contributed by atoms with Gasteiger partial charge in [-0.25, -0.2) is 0 Å². The smallest absolute Gasteiger partial charge is 0.305 e. The predicted octanol–water partition coefficient (Wildman–Crippen LogP) is 2.43. The molecule has 0 radical (unpaired) electrons. The Bertz CT molecular complexity index is 276. The minimum absolute atomic E-state index is 0. The lowest BCUT2D eigenvalue weighted by molar-refractivity contribution is -0.140. The van der Waals surface area contributed by atoms with Gasteiger partial charge in [0, 0.05) is 18.5 Å². The second-order valence-electron chi connectivity index (χ2n) is 5.38. The molecule has 0 aliphatic heterocycles. The maximum absolute atomic E-state index is 10.9. The molecule has 0 bridgehead atoms. The molecule has 0 rings (SSSR count). The number of nitrogens with one attached hydrogen (secondary N) is 1. The number of nitrogens with zero attached hydrogens (tertiary/aromatic N) is 1. The van der Waals surface area contributed by atoms with Gasteiger partial charge in [-0.15, -0.1) is 24.0 Å². The molecule has 0 aromatic carbocycles. The second-order valence-corrected chi connectivity index (χ2v) is 5.38. The van der Waals surface area contributed by atoms with Crippen molar-refractivity contribution >= 4 is 35.9 Å². The Hall–Kier alpha value is -0.530. The zero-order valence-corrected chi connectivity index (χ0v) is 14.8. The van der Waals surface area contributed by atoms with E-state index in [4.69, 9.17) is 5.73 Å². The van der Waals surface area contributed by atoms with Gasteiger partial charge in [0.15, 0.2) is 5.96 Å². The van der Waals surface area contributed by atoms with Crippen LogP contribution in [0, 0.1) is 0 Å². The Morgan fingerprint density at radius 2 is 1.79 bits per heavy atom. The summed E-state index contributed by atoms with van der Waals surface area (Å²) < 4.78 is 4.57. The molecule has 0 saturated carbocycles. The number of methoxy groups -OCH3 is 1. The topological polar surface area (TPSA) is 76.7 Å². The van der Waals surface area contributed by atoms with Crippen molar-refractivity contribution in [2.75, 3.05) is 13.7 Å². The molecule has 0 saturated heterocycles. The lowest BCUT2D eigenvalue weighted by Gasteiger charge is -2.20. The van der Waals surface area contributed by atoms with Crippen LogP contribution in [0.1, 0.15) is 52.9 Å². The summed E-state index contributed by atoms with van der Waals surface area (Å²) in [5.74, 6) is 0.365. The number of aliphatic imine (C=N–C) groups is 1. The third-order valence-electron chi connectivity index (χ3n) is 2.30. The van der Waals surface area contributed by atoms with E-state index in [1.165, 1.54) is 7.11 Å². The van der Waals surface area contributed by atoms with E-state index in [1.54, 1.807) is 0 Å². The number of nitrogens with two attached hydrogens (primary N) is 1. The number of hydrogen-bond acceptors (Lipinski definition) is 3. The molecule has 0 fully saturated rings. The maximum atomic E-state index is 10.9. The molecule has 0 aromatic rings. The molecule has 5 nitrogen and oxygen atoms in total. The van der Waals surface area contributed by atoms with Crippen LogP contribution in [0.4, 0.5) is 0 Å². The van der Waals surface area contributed by atoms with E-state index in [0.29, 0.717) is 12.4 Å². The zero-order valence-electron chi connectivity index (χ0n) is 12.5. The van der Waals surface area contributed by atoms with Crippen molar-refractivity contribution in [2.45, 2.75) is 58.4 Å². The van der Waals surface area contributed by atoms with Crippen molar-refractivity contribution < 1.29 is 9.53 Å². The second kappa shape index (κ2) is 11.3. The van der Waals surface area contributed by atoms with Crippen LogP contribution in [0.3, 0.4) is 0 Å². The largest absolute Gasteiger partial charge is 0.469 e. The minimum atomic E-state index is -0.133. The van der Waals surface area contributed by atoms with E-state index >= 15 is 0 Å². The SMILES string of the molecule is COC(=O)CCCCCCN=C(N)NC(C)(C)C.I. The molecule has 0 amide bonds. The summed E-state index contributed by atoms with van der Waals surface area (Å²) in [7, 11) is 1.42. The molecule has 0 aliphatic rings. The molecule has 114 valence electrons. The predicted molar refractivity (Wildman–Crippen MR) is 89.9 cm³/mol. The fourth-order valence-electron chi connectivity index (χ4n) is 1.46. The Kier molecular flexibility index (Phi) is 12.4. The van der Waals surface area contributed by atoms with Gasteiger partial charge in [-0.05, 0) is 33.6 Å². The monoisotopic (exact) mass is 385 g/mol. The first-order chi connectivity index (χ1) is 8.35. The highest BCUT2D eigenvalue weighted by atomic mass is 127. The Balaban J connectivity index is 0. The van der Waals surface area contributed by atoms with Gasteiger partial charge in [-0.3, -0.25) is 9.79 Å². The van der Waals surface area contributed by atoms with E-state index < -0.39 is 0 Å². The summed E-state index contributed by atoms with van der Waals surface area (Å²) in [4.78, 5) is 15.1. The summed E-state index contributed by atoms with van der Waals surface area (Å²) in [6.45, 7) is 6.86. The lowest BCUT2D eigenvalue weighted by Crippen LogP contribution is -2.45. The summed E-state index contributed by atoms with van der Waals surface area (Å²) in [5.41, 5.74) is 5.69. The van der Waals surface area contributed by atoms with Gasteiger partial charge in [0.2, 0.25) is 0 Å². The summed E-state index contributed by atoms with van der Waals surface area (Å²) in [5, 5.41) is 3.11. The highest BCUT2D eigenvalue weighted by molar-refractivity contribution is 14.0. The first kappa shape index (κ1) is 20.8. The molecule has 0 unspecified atom stereocenters. The summed E-state index contributed by atoms with van der Waals surface area (Å²) in [6, 6.07) is 0. The molecule has 0 spiro atoms. The van der Waals surface area contributed by atoms with E-state index in [-0.39, 0.29) is 35.5 Å². The van der Waals surface area contributed by atoms with Crippen molar-refractivity contribution in [3.05, 3.63) is 0 Å². The average Bonchev–Trinajstić information content (AvgIpc) is 2.25. The molecule has 6 heteroatoms. The molecule has 3 N–H and O–H groups in total. The van der Waals surface area contributed by atoms with Gasteiger partial charge in [0.05, 0.1) is 7.11 Å². The fourth-order valence-corrected chi connectivity index (χ4v) is 1.46. The number of carbonyl (C=O) groups is 1. The Morgan fingerprint density at radius 1 is 1.21 bits per heavy atom. The van der Waals surface area contributed by atoms with Gasteiger partial charge >= 0.3 is 5.97 Å². The van der Waals surface area contributed by atoms with Crippen molar-refractivity contribution in [1.82, 2.24) is 5.32 Å². The number of esters is 1. The highest BCUT2D eigenvalue weighted by Crippen LogP contribution is 2.04. The zero-order chi connectivity index (χ0) is 14.0. The van der Waals surface area contributed by atoms with Gasteiger partial charge in [0.1, 0.15) is 0 Å². The van der Waals surface area contributed by atoms with Crippen LogP contribution in [0.5, 0.6) is 0 Å². The molecule has 19 heavy (non-hydrogen) atoms. The summed E-state index contributed by atoms with van der Waals surface area (Å²) in [6.07, 6.45) is 4.47. The van der Waals surface area contributed by atoms with E-state index in [2.05, 4.69) is 15.0 Å². The van der Waals surface area contributed by atoms with Crippen LogP contribution in [-0.4, -0.2) is 31.1 Å². The van der Waals surface area contributed by atoms with Crippen LogP contribution in [-0.2, 0) is 9.53 Å². The number of carbonyl (C=O) groups excluding carboxylic acids is 1. The molecular formula is C13H28IN3O2. The minimum Gasteiger partial charge on any atom is -0.469 e. The quantitative estimate of drug-likeness (QED) is 0.232. The maximum Gasteiger partial charge on any atom is 0.305 e. The lowest BCUT2D eigenvalue weighted by atomic mass is 10.1. The van der Waals surface area contributed by atoms with Gasteiger partial charge in [-0.2, -0.15) is 0 Å². The number of halogens is 1. The first-order valence-corrected chi connectivity index (χ1v) is 6.50. The molecule has 0 aliphatic carbocycles. The first-order valence-electron chi connectivity index (χ1n) is 6.50. The summed E-state index contributed by atoms with van der Waals surface area (Å²) >= 11 is 0. The van der Waals surface area contributed by atoms with Crippen LogP contribution < -0.4 is 11.1 Å². The average molecular weight is 385 g/mol. The third kappa shape index (κ3) is 15.4. The van der Waals surface area contributed by atoms with E-state index in [0.717, 1.165) is 32.2 Å². The van der Waals surface area contributed by atoms with Crippen LogP contribution >= 0.6 is 24.0 Å². The standard InChI is InChI=1S/C13H27N3O2.HI/c1-13(2,3)16-12(14)15-10-8-6-5-7-9-11(17)18-4;/h5-10H2,1-4H3,(H3,14,15,16);1H. The number of guanidine groups is 1. The van der Waals surface area contributed by atoms with Gasteiger partial charge in [-0.1, -0.05) is 12.8 Å². The van der Waals surface area contributed by atoms with Crippen molar-refractivity contribution in [1.29, 1.82) is 0 Å². The number of unbranched alkanes of at least 4 members (excludes halogenated alkanes) is 3. The van der Waals surface area contributed by atoms with Crippen molar-refractivity contribution in [2.24, 2.45) is 10.7 Å². The van der Waals surface area contributed by atoms with Gasteiger partial charge < -0.3 is 15.8 Å². The van der Waals surface area contributed by atoms with Gasteiger partial charge in [0.25, 0.3) is 0 Å². The Labute approximate surface area is 133 Å². The molecule has 0 atom stereocenters. The molecule has 0 aromatic heterocycles. The van der Waals surface area contributed by atoms with Crippen molar-refractivity contribution in [3.63, 3.8) is 0 Å². The highest BCUT2D eigenvalue weighted by Gasteiger charge is 2.09.